The van der Waals surface area contributed by atoms with Gasteiger partial charge in [0.05, 0.1) is 5.25 Å². The molecule has 0 aliphatic carbocycles. The van der Waals surface area contributed by atoms with Crippen molar-refractivity contribution >= 4 is 27.3 Å². The Kier molecular flexibility index (Phi) is 3.78. The predicted octanol–water partition coefficient (Wildman–Crippen LogP) is 0.261. The molecule has 4 nitrogen and oxygen atoms in total. The number of amides is 1. The lowest BCUT2D eigenvalue weighted by atomic mass is 10.1. The van der Waals surface area contributed by atoms with E-state index in [1.807, 2.05) is 0 Å². The first-order valence-corrected chi connectivity index (χ1v) is 6.96. The highest BCUT2D eigenvalue weighted by Crippen LogP contribution is 2.16. The quantitative estimate of drug-likeness (QED) is 0.650. The van der Waals surface area contributed by atoms with E-state index in [1.165, 1.54) is 11.2 Å². The van der Waals surface area contributed by atoms with Crippen LogP contribution in [-0.4, -0.2) is 49.7 Å². The summed E-state index contributed by atoms with van der Waals surface area (Å²) in [5, 5.41) is -0.414. The topological polar surface area (TPSA) is 54.5 Å². The summed E-state index contributed by atoms with van der Waals surface area (Å²) in [6, 6.07) is 0. The molecule has 1 atom stereocenters. The van der Waals surface area contributed by atoms with Crippen LogP contribution in [0.1, 0.15) is 12.8 Å². The molecule has 0 radical (unpaired) electrons. The van der Waals surface area contributed by atoms with Gasteiger partial charge >= 0.3 is 0 Å². The summed E-state index contributed by atoms with van der Waals surface area (Å²) in [5.74, 6) is -0.253. The Morgan fingerprint density at radius 1 is 1.57 bits per heavy atom. The lowest BCUT2D eigenvalue weighted by Gasteiger charge is -2.31. The first-order valence-electron chi connectivity index (χ1n) is 4.47. The SMILES string of the molecule is CS(=O)(=O)C1CCCN(C(=O)CCl)C1. The van der Waals surface area contributed by atoms with Gasteiger partial charge in [0.15, 0.2) is 9.84 Å². The largest absolute Gasteiger partial charge is 0.340 e. The Hall–Kier alpha value is -0.290. The van der Waals surface area contributed by atoms with E-state index < -0.39 is 15.1 Å². The van der Waals surface area contributed by atoms with Crippen molar-refractivity contribution in [2.24, 2.45) is 0 Å². The maximum atomic E-state index is 11.3. The van der Waals surface area contributed by atoms with Crippen LogP contribution in [0.2, 0.25) is 0 Å². The van der Waals surface area contributed by atoms with E-state index in [-0.39, 0.29) is 11.8 Å². The van der Waals surface area contributed by atoms with Gasteiger partial charge in [-0.15, -0.1) is 11.6 Å². The average Bonchev–Trinajstić information content (AvgIpc) is 2.15. The Balaban J connectivity index is 2.65. The maximum absolute atomic E-state index is 11.3. The molecule has 1 aliphatic rings. The van der Waals surface area contributed by atoms with Gasteiger partial charge in [-0.2, -0.15) is 0 Å². The minimum absolute atomic E-state index is 0.0729. The van der Waals surface area contributed by atoms with E-state index in [2.05, 4.69) is 0 Å². The van der Waals surface area contributed by atoms with Crippen molar-refractivity contribution in [1.82, 2.24) is 4.90 Å². The number of sulfone groups is 1. The number of hydrogen-bond donors (Lipinski definition) is 0. The van der Waals surface area contributed by atoms with Crippen LogP contribution in [0, 0.1) is 0 Å². The molecule has 1 rings (SSSR count). The van der Waals surface area contributed by atoms with Gasteiger partial charge in [0.1, 0.15) is 5.88 Å². The monoisotopic (exact) mass is 239 g/mol. The fourth-order valence-electron chi connectivity index (χ4n) is 1.60. The minimum atomic E-state index is -3.04. The molecule has 6 heteroatoms. The van der Waals surface area contributed by atoms with Gasteiger partial charge in [0, 0.05) is 19.3 Å². The zero-order valence-electron chi connectivity index (χ0n) is 8.07. The van der Waals surface area contributed by atoms with E-state index in [9.17, 15) is 13.2 Å². The maximum Gasteiger partial charge on any atom is 0.237 e. The molecule has 1 amide bonds. The second kappa shape index (κ2) is 4.49. The van der Waals surface area contributed by atoms with Crippen molar-refractivity contribution in [3.05, 3.63) is 0 Å². The molecular formula is C8H14ClNO3S. The number of rotatable bonds is 2. The summed E-state index contributed by atoms with van der Waals surface area (Å²) < 4.78 is 22.5. The zero-order chi connectivity index (χ0) is 10.8. The third-order valence-electron chi connectivity index (χ3n) is 2.45. The molecular weight excluding hydrogens is 226 g/mol. The normalized spacial score (nSPS) is 23.6. The molecule has 0 aromatic carbocycles. The Morgan fingerprint density at radius 3 is 2.71 bits per heavy atom. The van der Waals surface area contributed by atoms with Crippen molar-refractivity contribution in [3.8, 4) is 0 Å². The molecule has 1 aliphatic heterocycles. The molecule has 0 aromatic rings. The highest BCUT2D eigenvalue weighted by atomic mass is 35.5. The van der Waals surface area contributed by atoms with Crippen LogP contribution in [0.4, 0.5) is 0 Å². The van der Waals surface area contributed by atoms with Gasteiger partial charge in [0.2, 0.25) is 5.91 Å². The van der Waals surface area contributed by atoms with Crippen LogP contribution in [0.25, 0.3) is 0 Å². The van der Waals surface area contributed by atoms with Crippen LogP contribution in [-0.2, 0) is 14.6 Å². The van der Waals surface area contributed by atoms with Gasteiger partial charge in [0.25, 0.3) is 0 Å². The molecule has 1 heterocycles. The summed E-state index contributed by atoms with van der Waals surface area (Å²) in [5.41, 5.74) is 0. The Labute approximate surface area is 89.1 Å². The van der Waals surface area contributed by atoms with Gasteiger partial charge in [-0.1, -0.05) is 0 Å². The van der Waals surface area contributed by atoms with Crippen molar-refractivity contribution in [1.29, 1.82) is 0 Å². The number of hydrogen-bond acceptors (Lipinski definition) is 3. The van der Waals surface area contributed by atoms with Gasteiger partial charge in [-0.05, 0) is 12.8 Å². The fraction of sp³-hybridized carbons (Fsp3) is 0.875. The summed E-state index contributed by atoms with van der Waals surface area (Å²) in [7, 11) is -3.04. The lowest BCUT2D eigenvalue weighted by molar-refractivity contribution is -0.129. The summed E-state index contributed by atoms with van der Waals surface area (Å²) in [6.07, 6.45) is 2.59. The van der Waals surface area contributed by atoms with Gasteiger partial charge < -0.3 is 4.90 Å². The molecule has 0 saturated carbocycles. The molecule has 82 valence electrons. The molecule has 0 N–H and O–H groups in total. The van der Waals surface area contributed by atoms with Crippen LogP contribution in [0.5, 0.6) is 0 Å². The van der Waals surface area contributed by atoms with Crippen LogP contribution in [0.15, 0.2) is 0 Å². The van der Waals surface area contributed by atoms with Crippen LogP contribution < -0.4 is 0 Å². The molecule has 0 bridgehead atoms. The van der Waals surface area contributed by atoms with Crippen molar-refractivity contribution in [2.45, 2.75) is 18.1 Å². The fourth-order valence-corrected chi connectivity index (χ4v) is 2.81. The molecule has 14 heavy (non-hydrogen) atoms. The highest BCUT2D eigenvalue weighted by molar-refractivity contribution is 7.91. The average molecular weight is 240 g/mol. The first kappa shape index (κ1) is 11.8. The van der Waals surface area contributed by atoms with E-state index >= 15 is 0 Å². The van der Waals surface area contributed by atoms with Crippen molar-refractivity contribution in [2.75, 3.05) is 25.2 Å². The second-order valence-electron chi connectivity index (χ2n) is 3.57. The summed E-state index contributed by atoms with van der Waals surface area (Å²) in [6.45, 7) is 0.919. The smallest absolute Gasteiger partial charge is 0.237 e. The van der Waals surface area contributed by atoms with Crippen LogP contribution >= 0.6 is 11.6 Å². The molecule has 1 saturated heterocycles. The number of likely N-dealkylation sites (tertiary alicyclic amines) is 1. The number of alkyl halides is 1. The van der Waals surface area contributed by atoms with Crippen molar-refractivity contribution < 1.29 is 13.2 Å². The van der Waals surface area contributed by atoms with E-state index in [1.54, 1.807) is 0 Å². The molecule has 1 unspecified atom stereocenters. The first-order chi connectivity index (χ1) is 6.45. The zero-order valence-corrected chi connectivity index (χ0v) is 9.64. The molecule has 1 fully saturated rings. The van der Waals surface area contributed by atoms with E-state index in [4.69, 9.17) is 11.6 Å². The standard InChI is InChI=1S/C8H14ClNO3S/c1-14(12,13)7-3-2-4-10(6-7)8(11)5-9/h7H,2-6H2,1H3. The summed E-state index contributed by atoms with van der Waals surface area (Å²) in [4.78, 5) is 12.8. The van der Waals surface area contributed by atoms with Crippen molar-refractivity contribution in [3.63, 3.8) is 0 Å². The Morgan fingerprint density at radius 2 is 2.21 bits per heavy atom. The Bertz CT molecular complexity index is 315. The van der Waals surface area contributed by atoms with Crippen LogP contribution in [0.3, 0.4) is 0 Å². The third-order valence-corrected chi connectivity index (χ3v) is 4.28. The van der Waals surface area contributed by atoms with E-state index in [0.29, 0.717) is 19.5 Å². The molecule has 0 aromatic heterocycles. The number of carbonyl (C=O) groups excluding carboxylic acids is 1. The predicted molar refractivity (Wildman–Crippen MR) is 55.2 cm³/mol. The second-order valence-corrected chi connectivity index (χ2v) is 6.16. The van der Waals surface area contributed by atoms with E-state index in [0.717, 1.165) is 6.42 Å². The number of nitrogens with zero attached hydrogens (tertiary/aromatic N) is 1. The molecule has 0 spiro atoms. The number of piperidine rings is 1. The highest BCUT2D eigenvalue weighted by Gasteiger charge is 2.29. The number of carbonyl (C=O) groups is 1. The number of halogens is 1. The minimum Gasteiger partial charge on any atom is -0.340 e. The lowest BCUT2D eigenvalue weighted by Crippen LogP contribution is -2.45. The summed E-state index contributed by atoms with van der Waals surface area (Å²) >= 11 is 5.41. The van der Waals surface area contributed by atoms with Gasteiger partial charge in [-0.25, -0.2) is 8.42 Å². The third kappa shape index (κ3) is 2.85. The van der Waals surface area contributed by atoms with Gasteiger partial charge in [-0.3, -0.25) is 4.79 Å².